The van der Waals surface area contributed by atoms with Crippen molar-refractivity contribution >= 4 is 15.9 Å². The van der Waals surface area contributed by atoms with Crippen LogP contribution >= 0.6 is 15.9 Å². The standard InChI is InChI=1S/C13H20BrNO/c1-3-13(9-16)15-10(2)7-11-5-4-6-12(14)8-11/h4-6,8,10,13,15-16H,3,7,9H2,1-2H3/t10?,13-/m1/s1. The summed E-state index contributed by atoms with van der Waals surface area (Å²) < 4.78 is 1.12. The number of halogens is 1. The molecule has 0 aliphatic rings. The molecule has 90 valence electrons. The van der Waals surface area contributed by atoms with Gasteiger partial charge in [0.15, 0.2) is 0 Å². The molecule has 0 spiro atoms. The van der Waals surface area contributed by atoms with Gasteiger partial charge in [0.2, 0.25) is 0 Å². The molecule has 0 amide bonds. The smallest absolute Gasteiger partial charge is 0.0584 e. The molecule has 0 aromatic heterocycles. The van der Waals surface area contributed by atoms with Gasteiger partial charge >= 0.3 is 0 Å². The van der Waals surface area contributed by atoms with Crippen LogP contribution in [0.1, 0.15) is 25.8 Å². The van der Waals surface area contributed by atoms with E-state index in [4.69, 9.17) is 5.11 Å². The lowest BCUT2D eigenvalue weighted by Gasteiger charge is -2.20. The Kier molecular flexibility index (Phi) is 6.03. The van der Waals surface area contributed by atoms with Gasteiger partial charge in [-0.15, -0.1) is 0 Å². The third-order valence-electron chi connectivity index (χ3n) is 2.66. The minimum Gasteiger partial charge on any atom is -0.395 e. The van der Waals surface area contributed by atoms with E-state index in [-0.39, 0.29) is 12.6 Å². The highest BCUT2D eigenvalue weighted by Crippen LogP contribution is 2.13. The van der Waals surface area contributed by atoms with Gasteiger partial charge in [-0.25, -0.2) is 0 Å². The number of nitrogens with one attached hydrogen (secondary N) is 1. The summed E-state index contributed by atoms with van der Waals surface area (Å²) in [5.74, 6) is 0. The number of benzene rings is 1. The Hall–Kier alpha value is -0.380. The van der Waals surface area contributed by atoms with Gasteiger partial charge in [-0.05, 0) is 37.5 Å². The van der Waals surface area contributed by atoms with Gasteiger partial charge in [-0.1, -0.05) is 35.0 Å². The van der Waals surface area contributed by atoms with E-state index >= 15 is 0 Å². The van der Waals surface area contributed by atoms with E-state index in [1.165, 1.54) is 5.56 Å². The lowest BCUT2D eigenvalue weighted by Crippen LogP contribution is -2.39. The first-order valence-electron chi connectivity index (χ1n) is 5.77. The lowest BCUT2D eigenvalue weighted by molar-refractivity contribution is 0.229. The molecule has 0 radical (unpaired) electrons. The van der Waals surface area contributed by atoms with E-state index in [1.54, 1.807) is 0 Å². The molecule has 2 N–H and O–H groups in total. The van der Waals surface area contributed by atoms with E-state index in [0.717, 1.165) is 17.3 Å². The van der Waals surface area contributed by atoms with E-state index in [9.17, 15) is 0 Å². The Morgan fingerprint density at radius 2 is 2.19 bits per heavy atom. The van der Waals surface area contributed by atoms with Crippen LogP contribution < -0.4 is 5.32 Å². The maximum absolute atomic E-state index is 9.12. The molecule has 3 heteroatoms. The average molecular weight is 286 g/mol. The van der Waals surface area contributed by atoms with Crippen molar-refractivity contribution in [3.63, 3.8) is 0 Å². The number of hydrogen-bond acceptors (Lipinski definition) is 2. The molecule has 0 aliphatic heterocycles. The summed E-state index contributed by atoms with van der Waals surface area (Å²) >= 11 is 3.47. The second-order valence-corrected chi connectivity index (χ2v) is 5.11. The van der Waals surface area contributed by atoms with E-state index in [1.807, 2.05) is 6.07 Å². The zero-order chi connectivity index (χ0) is 12.0. The van der Waals surface area contributed by atoms with E-state index in [0.29, 0.717) is 6.04 Å². The molecule has 0 heterocycles. The average Bonchev–Trinajstić information content (AvgIpc) is 2.26. The predicted molar refractivity (Wildman–Crippen MR) is 71.6 cm³/mol. The van der Waals surface area contributed by atoms with Gasteiger partial charge in [-0.2, -0.15) is 0 Å². The second kappa shape index (κ2) is 7.05. The topological polar surface area (TPSA) is 32.3 Å². The number of rotatable bonds is 6. The quantitative estimate of drug-likeness (QED) is 0.842. The fraction of sp³-hybridized carbons (Fsp3) is 0.538. The molecular formula is C13H20BrNO. The molecule has 1 aromatic rings. The molecule has 0 fully saturated rings. The first kappa shape index (κ1) is 13.7. The molecule has 0 aliphatic carbocycles. The van der Waals surface area contributed by atoms with Gasteiger partial charge < -0.3 is 10.4 Å². The fourth-order valence-electron chi connectivity index (χ4n) is 1.78. The van der Waals surface area contributed by atoms with Crippen molar-refractivity contribution < 1.29 is 5.11 Å². The molecule has 0 bridgehead atoms. The number of aliphatic hydroxyl groups is 1. The van der Waals surface area contributed by atoms with Gasteiger partial charge in [0.1, 0.15) is 0 Å². The van der Waals surface area contributed by atoms with Crippen molar-refractivity contribution in [1.82, 2.24) is 5.32 Å². The Morgan fingerprint density at radius 1 is 1.44 bits per heavy atom. The minimum absolute atomic E-state index is 0.208. The molecule has 1 aromatic carbocycles. The molecule has 1 rings (SSSR count). The highest BCUT2D eigenvalue weighted by molar-refractivity contribution is 9.10. The third kappa shape index (κ3) is 4.64. The van der Waals surface area contributed by atoms with Crippen LogP contribution in [-0.4, -0.2) is 23.8 Å². The zero-order valence-corrected chi connectivity index (χ0v) is 11.5. The zero-order valence-electron chi connectivity index (χ0n) is 9.91. The van der Waals surface area contributed by atoms with Gasteiger partial charge in [-0.3, -0.25) is 0 Å². The molecule has 16 heavy (non-hydrogen) atoms. The fourth-order valence-corrected chi connectivity index (χ4v) is 2.23. The summed E-state index contributed by atoms with van der Waals surface area (Å²) in [7, 11) is 0. The van der Waals surface area contributed by atoms with E-state index < -0.39 is 0 Å². The van der Waals surface area contributed by atoms with Gasteiger partial charge in [0, 0.05) is 16.6 Å². The maximum Gasteiger partial charge on any atom is 0.0584 e. The summed E-state index contributed by atoms with van der Waals surface area (Å²) in [5.41, 5.74) is 1.31. The molecular weight excluding hydrogens is 266 g/mol. The Balaban J connectivity index is 2.47. The monoisotopic (exact) mass is 285 g/mol. The summed E-state index contributed by atoms with van der Waals surface area (Å²) in [6, 6.07) is 8.94. The van der Waals surface area contributed by atoms with Crippen LogP contribution in [0.5, 0.6) is 0 Å². The SMILES string of the molecule is CC[C@H](CO)NC(C)Cc1cccc(Br)c1. The van der Waals surface area contributed by atoms with Crippen LogP contribution in [0.25, 0.3) is 0 Å². The first-order valence-corrected chi connectivity index (χ1v) is 6.56. The van der Waals surface area contributed by atoms with Gasteiger partial charge in [0.25, 0.3) is 0 Å². The normalized spacial score (nSPS) is 14.8. The first-order chi connectivity index (χ1) is 7.65. The second-order valence-electron chi connectivity index (χ2n) is 4.19. The van der Waals surface area contributed by atoms with Gasteiger partial charge in [0.05, 0.1) is 6.61 Å². The number of aliphatic hydroxyl groups excluding tert-OH is 1. The van der Waals surface area contributed by atoms with E-state index in [2.05, 4.69) is 53.3 Å². The Morgan fingerprint density at radius 3 is 2.75 bits per heavy atom. The predicted octanol–water partition coefficient (Wildman–Crippen LogP) is 2.74. The van der Waals surface area contributed by atoms with Crippen LogP contribution in [0.15, 0.2) is 28.7 Å². The summed E-state index contributed by atoms with van der Waals surface area (Å²) in [4.78, 5) is 0. The molecule has 0 saturated carbocycles. The highest BCUT2D eigenvalue weighted by atomic mass is 79.9. The largest absolute Gasteiger partial charge is 0.395 e. The van der Waals surface area contributed by atoms with Crippen molar-refractivity contribution in [2.45, 2.75) is 38.8 Å². The summed E-state index contributed by atoms with van der Waals surface area (Å²) in [6.07, 6.45) is 1.94. The highest BCUT2D eigenvalue weighted by Gasteiger charge is 2.09. The van der Waals surface area contributed by atoms with Crippen molar-refractivity contribution in [3.05, 3.63) is 34.3 Å². The van der Waals surface area contributed by atoms with Crippen LogP contribution in [0.3, 0.4) is 0 Å². The lowest BCUT2D eigenvalue weighted by atomic mass is 10.1. The van der Waals surface area contributed by atoms with Crippen LogP contribution in [0.2, 0.25) is 0 Å². The summed E-state index contributed by atoms with van der Waals surface area (Å²) in [5, 5.41) is 12.5. The summed E-state index contributed by atoms with van der Waals surface area (Å²) in [6.45, 7) is 4.44. The third-order valence-corrected chi connectivity index (χ3v) is 3.16. The molecule has 0 saturated heterocycles. The van der Waals surface area contributed by atoms with Crippen LogP contribution in [0, 0.1) is 0 Å². The molecule has 1 unspecified atom stereocenters. The van der Waals surface area contributed by atoms with Crippen molar-refractivity contribution in [3.8, 4) is 0 Å². The Labute approximate surface area is 106 Å². The van der Waals surface area contributed by atoms with Crippen LogP contribution in [0.4, 0.5) is 0 Å². The minimum atomic E-state index is 0.208. The number of hydrogen-bond donors (Lipinski definition) is 2. The molecule has 2 atom stereocenters. The molecule has 2 nitrogen and oxygen atoms in total. The van der Waals surface area contributed by atoms with Crippen LogP contribution in [-0.2, 0) is 6.42 Å². The van der Waals surface area contributed by atoms with Crippen molar-refractivity contribution in [2.24, 2.45) is 0 Å². The van der Waals surface area contributed by atoms with Crippen molar-refractivity contribution in [1.29, 1.82) is 0 Å². The maximum atomic E-state index is 9.12. The van der Waals surface area contributed by atoms with Crippen molar-refractivity contribution in [2.75, 3.05) is 6.61 Å². The Bertz CT molecular complexity index is 313.